The molecule has 14 heavy (non-hydrogen) atoms. The molecule has 0 saturated carbocycles. The highest BCUT2D eigenvalue weighted by atomic mass is 32.1. The molecule has 4 nitrogen and oxygen atoms in total. The summed E-state index contributed by atoms with van der Waals surface area (Å²) >= 11 is 1.28. The van der Waals surface area contributed by atoms with Crippen LogP contribution in [-0.2, 0) is 0 Å². The third-order valence-corrected chi connectivity index (χ3v) is 2.91. The van der Waals surface area contributed by atoms with E-state index in [4.69, 9.17) is 0 Å². The van der Waals surface area contributed by atoms with Gasteiger partial charge >= 0.3 is 0 Å². The Morgan fingerprint density at radius 1 is 1.71 bits per heavy atom. The first-order valence-electron chi connectivity index (χ1n) is 4.32. The van der Waals surface area contributed by atoms with E-state index in [0.717, 1.165) is 0 Å². The van der Waals surface area contributed by atoms with Crippen LogP contribution in [0, 0.1) is 0 Å². The van der Waals surface area contributed by atoms with Gasteiger partial charge in [0.15, 0.2) is 0 Å². The van der Waals surface area contributed by atoms with Crippen LogP contribution in [0.2, 0.25) is 0 Å². The molecule has 1 aromatic heterocycles. The molecule has 0 fully saturated rings. The summed E-state index contributed by atoms with van der Waals surface area (Å²) in [7, 11) is 0. The van der Waals surface area contributed by atoms with Crippen LogP contribution < -0.4 is 5.32 Å². The minimum absolute atomic E-state index is 0.196. The average Bonchev–Trinajstić information content (AvgIpc) is 2.54. The summed E-state index contributed by atoms with van der Waals surface area (Å²) in [4.78, 5) is 15.9. The maximum absolute atomic E-state index is 11.6. The van der Waals surface area contributed by atoms with Crippen LogP contribution in [0.5, 0.6) is 0 Å². The summed E-state index contributed by atoms with van der Waals surface area (Å²) in [6.07, 6.45) is 0.914. The number of carbonyl (C=O) groups excluding carboxylic acids is 1. The number of nitrogens with one attached hydrogen (secondary N) is 1. The molecule has 0 bridgehead atoms. The van der Waals surface area contributed by atoms with E-state index in [1.165, 1.54) is 17.5 Å². The molecule has 0 aromatic carbocycles. The first-order valence-corrected chi connectivity index (χ1v) is 5.20. The van der Waals surface area contributed by atoms with E-state index in [1.807, 2.05) is 0 Å². The molecule has 1 aromatic rings. The zero-order valence-corrected chi connectivity index (χ0v) is 9.26. The maximum Gasteiger partial charge on any atom is 0.263 e. The number of aliphatic hydroxyl groups is 1. The second-order valence-electron chi connectivity index (χ2n) is 3.72. The van der Waals surface area contributed by atoms with Gasteiger partial charge in [-0.2, -0.15) is 0 Å². The summed E-state index contributed by atoms with van der Waals surface area (Å²) in [5.74, 6) is -0.196. The summed E-state index contributed by atoms with van der Waals surface area (Å²) in [6.45, 7) is 5.19. The number of aliphatic hydroxyl groups excluding tert-OH is 1. The molecule has 0 spiro atoms. The zero-order valence-electron chi connectivity index (χ0n) is 8.44. The van der Waals surface area contributed by atoms with Crippen molar-refractivity contribution in [2.24, 2.45) is 0 Å². The van der Waals surface area contributed by atoms with Gasteiger partial charge in [0.2, 0.25) is 0 Å². The molecule has 0 aliphatic carbocycles. The lowest BCUT2D eigenvalue weighted by atomic mass is 9.99. The van der Waals surface area contributed by atoms with Crippen molar-refractivity contribution < 1.29 is 9.90 Å². The number of rotatable bonds is 3. The summed E-state index contributed by atoms with van der Waals surface area (Å²) < 4.78 is 0. The first-order chi connectivity index (χ1) is 6.43. The zero-order chi connectivity index (χ0) is 10.8. The number of thiazole rings is 1. The molecule has 0 aliphatic heterocycles. The monoisotopic (exact) mass is 214 g/mol. The lowest BCUT2D eigenvalue weighted by Gasteiger charge is -2.28. The molecule has 1 atom stereocenters. The third-order valence-electron chi connectivity index (χ3n) is 2.14. The van der Waals surface area contributed by atoms with Crippen molar-refractivity contribution in [3.05, 3.63) is 16.6 Å². The van der Waals surface area contributed by atoms with Crippen LogP contribution in [0.4, 0.5) is 0 Å². The predicted molar refractivity (Wildman–Crippen MR) is 55.3 cm³/mol. The Morgan fingerprint density at radius 3 is 2.79 bits per heavy atom. The maximum atomic E-state index is 11.6. The molecule has 78 valence electrons. The van der Waals surface area contributed by atoms with Crippen LogP contribution >= 0.6 is 11.3 Å². The van der Waals surface area contributed by atoms with Crippen LogP contribution in [0.1, 0.15) is 30.4 Å². The molecule has 1 unspecified atom stereocenters. The molecule has 2 N–H and O–H groups in total. The lowest BCUT2D eigenvalue weighted by molar-refractivity contribution is 0.0712. The molecule has 0 aliphatic rings. The van der Waals surface area contributed by atoms with E-state index in [9.17, 15) is 9.90 Å². The normalized spacial score (nSPS) is 13.7. The van der Waals surface area contributed by atoms with Gasteiger partial charge in [-0.25, -0.2) is 0 Å². The van der Waals surface area contributed by atoms with E-state index in [0.29, 0.717) is 4.88 Å². The summed E-state index contributed by atoms with van der Waals surface area (Å²) in [5.41, 5.74) is 0.978. The van der Waals surface area contributed by atoms with Crippen molar-refractivity contribution in [2.75, 3.05) is 0 Å². The van der Waals surface area contributed by atoms with Gasteiger partial charge in [-0.3, -0.25) is 9.78 Å². The molecule has 1 rings (SSSR count). The van der Waals surface area contributed by atoms with Gasteiger partial charge in [-0.05, 0) is 20.8 Å². The van der Waals surface area contributed by atoms with Crippen LogP contribution in [0.3, 0.4) is 0 Å². The first kappa shape index (κ1) is 11.1. The quantitative estimate of drug-likeness (QED) is 0.790. The molecule has 5 heteroatoms. The fourth-order valence-electron chi connectivity index (χ4n) is 0.787. The Bertz CT molecular complexity index is 307. The van der Waals surface area contributed by atoms with Gasteiger partial charge in [0.25, 0.3) is 5.91 Å². The van der Waals surface area contributed by atoms with E-state index in [1.54, 1.807) is 26.3 Å². The second kappa shape index (κ2) is 4.06. The topological polar surface area (TPSA) is 62.2 Å². The van der Waals surface area contributed by atoms with Gasteiger partial charge in [0.1, 0.15) is 4.88 Å². The molecule has 0 saturated heterocycles. The number of amides is 1. The van der Waals surface area contributed by atoms with E-state index < -0.39 is 11.6 Å². The number of nitrogens with zero attached hydrogens (tertiary/aromatic N) is 1. The second-order valence-corrected chi connectivity index (χ2v) is 4.60. The van der Waals surface area contributed by atoms with Gasteiger partial charge in [-0.1, -0.05) is 0 Å². The Hall–Kier alpha value is -0.940. The SMILES string of the molecule is CC(O)C(C)(C)NC(=O)c1cncs1. The minimum Gasteiger partial charge on any atom is -0.391 e. The largest absolute Gasteiger partial charge is 0.391 e. The molecule has 1 heterocycles. The highest BCUT2D eigenvalue weighted by Crippen LogP contribution is 2.12. The molecule has 1 amide bonds. The van der Waals surface area contributed by atoms with E-state index in [2.05, 4.69) is 10.3 Å². The smallest absolute Gasteiger partial charge is 0.263 e. The standard InChI is InChI=1S/C9H14N2O2S/c1-6(12)9(2,3)11-8(13)7-4-10-5-14-7/h4-6,12H,1-3H3,(H,11,13). The Kier molecular flexibility index (Phi) is 3.23. The number of carbonyl (C=O) groups is 1. The van der Waals surface area contributed by atoms with Crippen molar-refractivity contribution in [3.63, 3.8) is 0 Å². The summed E-state index contributed by atoms with van der Waals surface area (Å²) in [5, 5.41) is 12.1. The fraction of sp³-hybridized carbons (Fsp3) is 0.556. The van der Waals surface area contributed by atoms with Crippen molar-refractivity contribution in [3.8, 4) is 0 Å². The van der Waals surface area contributed by atoms with Gasteiger partial charge in [-0.15, -0.1) is 11.3 Å². The van der Waals surface area contributed by atoms with Crippen LogP contribution in [0.25, 0.3) is 0 Å². The number of aromatic nitrogens is 1. The highest BCUT2D eigenvalue weighted by molar-refractivity contribution is 7.11. The van der Waals surface area contributed by atoms with Gasteiger partial charge < -0.3 is 10.4 Å². The van der Waals surface area contributed by atoms with Crippen molar-refractivity contribution >= 4 is 17.2 Å². The number of hydrogen-bond donors (Lipinski definition) is 2. The third kappa shape index (κ3) is 2.52. The Morgan fingerprint density at radius 2 is 2.36 bits per heavy atom. The van der Waals surface area contributed by atoms with Crippen molar-refractivity contribution in [1.82, 2.24) is 10.3 Å². The lowest BCUT2D eigenvalue weighted by Crippen LogP contribution is -2.50. The van der Waals surface area contributed by atoms with Crippen LogP contribution in [0.15, 0.2) is 11.7 Å². The van der Waals surface area contributed by atoms with Crippen molar-refractivity contribution in [1.29, 1.82) is 0 Å². The van der Waals surface area contributed by atoms with Crippen LogP contribution in [-0.4, -0.2) is 27.6 Å². The molecule has 0 radical (unpaired) electrons. The predicted octanol–water partition coefficient (Wildman–Crippen LogP) is 1.03. The van der Waals surface area contributed by atoms with Gasteiger partial charge in [0, 0.05) is 0 Å². The fourth-order valence-corrected chi connectivity index (χ4v) is 1.30. The Balaban J connectivity index is 2.66. The summed E-state index contributed by atoms with van der Waals surface area (Å²) in [6, 6.07) is 0. The van der Waals surface area contributed by atoms with Gasteiger partial charge in [0.05, 0.1) is 23.4 Å². The Labute approximate surface area is 87.0 Å². The average molecular weight is 214 g/mol. The highest BCUT2D eigenvalue weighted by Gasteiger charge is 2.26. The number of hydrogen-bond acceptors (Lipinski definition) is 4. The van der Waals surface area contributed by atoms with E-state index >= 15 is 0 Å². The molecular formula is C9H14N2O2S. The van der Waals surface area contributed by atoms with Crippen molar-refractivity contribution in [2.45, 2.75) is 32.4 Å². The molecular weight excluding hydrogens is 200 g/mol. The minimum atomic E-state index is -0.624. The van der Waals surface area contributed by atoms with E-state index in [-0.39, 0.29) is 5.91 Å².